The standard InChI is InChI=1S/C26H41NO7/c1-3-4-5-6-7-8-9-10-11-12-13-19-33-25(28)15-14-16-26(29)34-21-22-17-18-24(32-2)23(20-22)27(30)31/h17-18,20H,3-16,19,21H2,1-2H3. The zero-order valence-corrected chi connectivity index (χ0v) is 20.9. The number of carbonyl (C=O) groups excluding carboxylic acids is 2. The molecular formula is C26H41NO7. The molecule has 0 spiro atoms. The predicted octanol–water partition coefficient (Wildman–Crippen LogP) is 6.67. The van der Waals surface area contributed by atoms with E-state index in [4.69, 9.17) is 14.2 Å². The molecule has 0 aliphatic rings. The Balaban J connectivity index is 2.03. The van der Waals surface area contributed by atoms with Gasteiger partial charge in [0.05, 0.1) is 18.6 Å². The fourth-order valence-electron chi connectivity index (χ4n) is 3.61. The highest BCUT2D eigenvalue weighted by Crippen LogP contribution is 2.27. The van der Waals surface area contributed by atoms with Crippen LogP contribution < -0.4 is 4.74 Å². The van der Waals surface area contributed by atoms with E-state index in [1.807, 2.05) is 0 Å². The first-order valence-electron chi connectivity index (χ1n) is 12.6. The zero-order valence-electron chi connectivity index (χ0n) is 20.9. The van der Waals surface area contributed by atoms with Crippen molar-refractivity contribution in [3.63, 3.8) is 0 Å². The highest BCUT2D eigenvalue weighted by Gasteiger charge is 2.16. The summed E-state index contributed by atoms with van der Waals surface area (Å²) in [5.41, 5.74) is 0.309. The molecule has 1 aromatic carbocycles. The molecule has 0 aliphatic carbocycles. The van der Waals surface area contributed by atoms with E-state index in [2.05, 4.69) is 6.92 Å². The van der Waals surface area contributed by atoms with Crippen LogP contribution in [0.15, 0.2) is 18.2 Å². The van der Waals surface area contributed by atoms with Gasteiger partial charge in [-0.05, 0) is 24.5 Å². The maximum atomic E-state index is 11.9. The van der Waals surface area contributed by atoms with Gasteiger partial charge in [-0.25, -0.2) is 0 Å². The lowest BCUT2D eigenvalue weighted by molar-refractivity contribution is -0.385. The number of nitrogens with zero attached hydrogens (tertiary/aromatic N) is 1. The second-order valence-electron chi connectivity index (χ2n) is 8.53. The summed E-state index contributed by atoms with van der Waals surface area (Å²) in [6.45, 7) is 2.59. The van der Waals surface area contributed by atoms with Gasteiger partial charge in [-0.15, -0.1) is 0 Å². The van der Waals surface area contributed by atoms with Gasteiger partial charge in [-0.3, -0.25) is 19.7 Å². The Hall–Kier alpha value is -2.64. The van der Waals surface area contributed by atoms with Crippen molar-refractivity contribution in [2.24, 2.45) is 0 Å². The highest BCUT2D eigenvalue weighted by atomic mass is 16.6. The molecule has 0 aromatic heterocycles. The third kappa shape index (κ3) is 13.8. The Labute approximate surface area is 203 Å². The number of unbranched alkanes of at least 4 members (excludes halogenated alkanes) is 10. The lowest BCUT2D eigenvalue weighted by Gasteiger charge is -2.07. The number of benzene rings is 1. The van der Waals surface area contributed by atoms with Gasteiger partial charge in [-0.2, -0.15) is 0 Å². The number of nitro groups is 1. The van der Waals surface area contributed by atoms with Crippen molar-refractivity contribution >= 4 is 17.6 Å². The van der Waals surface area contributed by atoms with E-state index in [0.29, 0.717) is 18.6 Å². The Morgan fingerprint density at radius 1 is 0.824 bits per heavy atom. The number of esters is 2. The second kappa shape index (κ2) is 18.7. The Bertz CT molecular complexity index is 736. The van der Waals surface area contributed by atoms with Crippen LogP contribution in [-0.4, -0.2) is 30.6 Å². The normalized spacial score (nSPS) is 10.6. The molecular weight excluding hydrogens is 438 g/mol. The third-order valence-corrected chi connectivity index (χ3v) is 5.61. The first-order chi connectivity index (χ1) is 16.5. The van der Waals surface area contributed by atoms with Gasteiger partial charge < -0.3 is 14.2 Å². The molecule has 0 fully saturated rings. The quantitative estimate of drug-likeness (QED) is 0.0889. The summed E-state index contributed by atoms with van der Waals surface area (Å²) in [5, 5.41) is 11.1. The van der Waals surface area contributed by atoms with Crippen LogP contribution in [0.3, 0.4) is 0 Å². The lowest BCUT2D eigenvalue weighted by atomic mass is 10.1. The van der Waals surface area contributed by atoms with Gasteiger partial charge in [-0.1, -0.05) is 77.2 Å². The van der Waals surface area contributed by atoms with E-state index in [9.17, 15) is 19.7 Å². The average Bonchev–Trinajstić information content (AvgIpc) is 2.83. The van der Waals surface area contributed by atoms with E-state index in [0.717, 1.165) is 12.8 Å². The van der Waals surface area contributed by atoms with E-state index >= 15 is 0 Å². The molecule has 0 saturated carbocycles. The van der Waals surface area contributed by atoms with Crippen LogP contribution in [0.25, 0.3) is 0 Å². The van der Waals surface area contributed by atoms with Crippen LogP contribution in [0.4, 0.5) is 5.69 Å². The summed E-state index contributed by atoms with van der Waals surface area (Å²) in [6.07, 6.45) is 14.3. The summed E-state index contributed by atoms with van der Waals surface area (Å²) < 4.78 is 15.3. The van der Waals surface area contributed by atoms with Crippen molar-refractivity contribution in [3.8, 4) is 5.75 Å². The molecule has 8 nitrogen and oxygen atoms in total. The van der Waals surface area contributed by atoms with E-state index in [1.165, 1.54) is 77.0 Å². The molecule has 192 valence electrons. The molecule has 0 unspecified atom stereocenters. The molecule has 0 saturated heterocycles. The second-order valence-corrected chi connectivity index (χ2v) is 8.53. The van der Waals surface area contributed by atoms with Crippen molar-refractivity contribution in [2.75, 3.05) is 13.7 Å². The highest BCUT2D eigenvalue weighted by molar-refractivity contribution is 5.72. The SMILES string of the molecule is CCCCCCCCCCCCCOC(=O)CCCC(=O)OCc1ccc(OC)c([N+](=O)[O-])c1. The number of nitro benzene ring substituents is 1. The molecule has 0 radical (unpaired) electrons. The molecule has 0 heterocycles. The van der Waals surface area contributed by atoms with Crippen LogP contribution in [-0.2, 0) is 25.7 Å². The molecule has 34 heavy (non-hydrogen) atoms. The van der Waals surface area contributed by atoms with Gasteiger partial charge in [0, 0.05) is 18.9 Å². The van der Waals surface area contributed by atoms with Crippen molar-refractivity contribution in [1.29, 1.82) is 0 Å². The van der Waals surface area contributed by atoms with Gasteiger partial charge >= 0.3 is 17.6 Å². The number of methoxy groups -OCH3 is 1. The predicted molar refractivity (Wildman–Crippen MR) is 131 cm³/mol. The minimum atomic E-state index is -0.549. The van der Waals surface area contributed by atoms with Gasteiger partial charge in [0.2, 0.25) is 0 Å². The smallest absolute Gasteiger partial charge is 0.311 e. The number of ether oxygens (including phenoxy) is 3. The van der Waals surface area contributed by atoms with E-state index in [1.54, 1.807) is 6.07 Å². The number of hydrogen-bond donors (Lipinski definition) is 0. The average molecular weight is 480 g/mol. The van der Waals surface area contributed by atoms with Gasteiger partial charge in [0.15, 0.2) is 5.75 Å². The maximum absolute atomic E-state index is 11.9. The largest absolute Gasteiger partial charge is 0.490 e. The maximum Gasteiger partial charge on any atom is 0.311 e. The van der Waals surface area contributed by atoms with Crippen LogP contribution in [0.5, 0.6) is 5.75 Å². The fourth-order valence-corrected chi connectivity index (χ4v) is 3.61. The number of carbonyl (C=O) groups is 2. The monoisotopic (exact) mass is 479 g/mol. The molecule has 0 aliphatic heterocycles. The zero-order chi connectivity index (χ0) is 25.0. The summed E-state index contributed by atoms with van der Waals surface area (Å²) in [4.78, 5) is 34.2. The Morgan fingerprint density at radius 3 is 1.94 bits per heavy atom. The van der Waals surface area contributed by atoms with Crippen LogP contribution in [0, 0.1) is 10.1 Å². The third-order valence-electron chi connectivity index (χ3n) is 5.61. The minimum absolute atomic E-state index is 0.0764. The van der Waals surface area contributed by atoms with Crippen molar-refractivity contribution in [2.45, 2.75) is 103 Å². The molecule has 0 N–H and O–H groups in total. The van der Waals surface area contributed by atoms with Crippen molar-refractivity contribution < 1.29 is 28.7 Å². The molecule has 1 aromatic rings. The molecule has 0 amide bonds. The summed E-state index contributed by atoms with van der Waals surface area (Å²) >= 11 is 0. The minimum Gasteiger partial charge on any atom is -0.490 e. The van der Waals surface area contributed by atoms with Crippen LogP contribution in [0.1, 0.15) is 102 Å². The first-order valence-corrected chi connectivity index (χ1v) is 12.6. The first kappa shape index (κ1) is 29.4. The molecule has 8 heteroatoms. The van der Waals surface area contributed by atoms with E-state index in [-0.39, 0.29) is 36.9 Å². The van der Waals surface area contributed by atoms with Crippen LogP contribution >= 0.6 is 0 Å². The topological polar surface area (TPSA) is 105 Å². The summed E-state index contributed by atoms with van der Waals surface area (Å²) in [7, 11) is 1.35. The summed E-state index contributed by atoms with van der Waals surface area (Å²) in [5.74, 6) is -0.617. The van der Waals surface area contributed by atoms with Crippen LogP contribution in [0.2, 0.25) is 0 Å². The Morgan fingerprint density at radius 2 is 1.38 bits per heavy atom. The number of rotatable bonds is 20. The van der Waals surface area contributed by atoms with Crippen molar-refractivity contribution in [1.82, 2.24) is 0 Å². The van der Waals surface area contributed by atoms with Gasteiger partial charge in [0.1, 0.15) is 6.61 Å². The fraction of sp³-hybridized carbons (Fsp3) is 0.692. The molecule has 1 rings (SSSR count). The van der Waals surface area contributed by atoms with E-state index < -0.39 is 10.9 Å². The lowest BCUT2D eigenvalue weighted by Crippen LogP contribution is -2.09. The molecule has 0 atom stereocenters. The van der Waals surface area contributed by atoms with Gasteiger partial charge in [0.25, 0.3) is 0 Å². The summed E-state index contributed by atoms with van der Waals surface area (Å²) in [6, 6.07) is 4.39. The Kier molecular flexibility index (Phi) is 16.2. The van der Waals surface area contributed by atoms with Crippen molar-refractivity contribution in [3.05, 3.63) is 33.9 Å². The molecule has 0 bridgehead atoms. The number of hydrogen-bond acceptors (Lipinski definition) is 7.